The van der Waals surface area contributed by atoms with Crippen LogP contribution in [-0.2, 0) is 6.54 Å². The quantitative estimate of drug-likeness (QED) is 0.682. The van der Waals surface area contributed by atoms with Gasteiger partial charge in [-0.2, -0.15) is 0 Å². The van der Waals surface area contributed by atoms with Crippen LogP contribution < -0.4 is 0 Å². The van der Waals surface area contributed by atoms with Crippen LogP contribution in [0.4, 0.5) is 0 Å². The van der Waals surface area contributed by atoms with E-state index >= 15 is 0 Å². The lowest BCUT2D eigenvalue weighted by Gasteiger charge is -2.43. The summed E-state index contributed by atoms with van der Waals surface area (Å²) in [5, 5.41) is 0. The zero-order valence-electron chi connectivity index (χ0n) is 12.1. The van der Waals surface area contributed by atoms with Gasteiger partial charge in [-0.25, -0.2) is 0 Å². The molecule has 1 heteroatoms. The number of rotatable bonds is 5. The third-order valence-corrected chi connectivity index (χ3v) is 4.52. The first-order valence-corrected chi connectivity index (χ1v) is 7.63. The molecule has 0 saturated carbocycles. The summed E-state index contributed by atoms with van der Waals surface area (Å²) in [5.74, 6) is 0.854. The minimum absolute atomic E-state index is 0.854. The summed E-state index contributed by atoms with van der Waals surface area (Å²) in [6, 6.07) is 11.1. The second kappa shape index (κ2) is 6.38. The van der Waals surface area contributed by atoms with Crippen LogP contribution in [0, 0.1) is 5.92 Å². The zero-order valence-corrected chi connectivity index (χ0v) is 12.1. The molecule has 2 rings (SSSR count). The maximum atomic E-state index is 2.42. The maximum absolute atomic E-state index is 2.42. The Morgan fingerprint density at radius 3 is 2.33 bits per heavy atom. The Kier molecular flexibility index (Phi) is 4.82. The minimum Gasteiger partial charge on any atom is -0.320 e. The van der Waals surface area contributed by atoms with Crippen LogP contribution in [0.15, 0.2) is 30.3 Å². The Bertz CT molecular complexity index is 338. The number of nitrogens with zero attached hydrogens (tertiary/aromatic N) is 1. The first kappa shape index (κ1) is 13.6. The van der Waals surface area contributed by atoms with Crippen molar-refractivity contribution >= 4 is 0 Å². The second-order valence-corrected chi connectivity index (χ2v) is 6.19. The fraction of sp³-hybridized carbons (Fsp3) is 0.647. The molecule has 1 heterocycles. The van der Waals surface area contributed by atoms with E-state index in [1.807, 2.05) is 0 Å². The van der Waals surface area contributed by atoms with Crippen LogP contribution in [-0.4, -0.2) is 24.1 Å². The zero-order chi connectivity index (χ0) is 12.8. The first-order valence-electron chi connectivity index (χ1n) is 7.63. The van der Waals surface area contributed by atoms with Crippen molar-refractivity contribution in [2.24, 2.45) is 5.92 Å². The molecule has 1 aliphatic heterocycles. The Hall–Kier alpha value is -0.820. The summed E-state index contributed by atoms with van der Waals surface area (Å²) < 4.78 is 1.33. The fourth-order valence-electron chi connectivity index (χ4n) is 3.35. The number of hydrogen-bond acceptors (Lipinski definition) is 0. The first-order chi connectivity index (χ1) is 8.74. The van der Waals surface area contributed by atoms with Gasteiger partial charge in [0.25, 0.3) is 0 Å². The largest absolute Gasteiger partial charge is 0.320 e. The number of piperidine rings is 1. The maximum Gasteiger partial charge on any atom is 0.104 e. The molecule has 1 saturated heterocycles. The molecule has 0 radical (unpaired) electrons. The molecule has 1 aliphatic rings. The van der Waals surface area contributed by atoms with Gasteiger partial charge >= 0.3 is 0 Å². The summed E-state index contributed by atoms with van der Waals surface area (Å²) in [5.41, 5.74) is 1.52. The van der Waals surface area contributed by atoms with Gasteiger partial charge in [-0.05, 0) is 25.7 Å². The predicted molar refractivity (Wildman–Crippen MR) is 78.3 cm³/mol. The van der Waals surface area contributed by atoms with E-state index in [2.05, 4.69) is 44.2 Å². The van der Waals surface area contributed by atoms with E-state index in [9.17, 15) is 0 Å². The molecule has 1 aromatic carbocycles. The van der Waals surface area contributed by atoms with Gasteiger partial charge in [-0.1, -0.05) is 44.2 Å². The van der Waals surface area contributed by atoms with Gasteiger partial charge in [0.2, 0.25) is 0 Å². The molecule has 0 amide bonds. The van der Waals surface area contributed by atoms with Crippen LogP contribution in [0.1, 0.15) is 45.1 Å². The van der Waals surface area contributed by atoms with Gasteiger partial charge in [0.1, 0.15) is 6.54 Å². The third kappa shape index (κ3) is 3.58. The van der Waals surface area contributed by atoms with Crippen LogP contribution in [0.2, 0.25) is 0 Å². The molecule has 1 fully saturated rings. The average molecular weight is 246 g/mol. The topological polar surface area (TPSA) is 0 Å². The van der Waals surface area contributed by atoms with E-state index in [0.717, 1.165) is 5.92 Å². The molecule has 1 unspecified atom stereocenters. The highest BCUT2D eigenvalue weighted by molar-refractivity contribution is 5.13. The average Bonchev–Trinajstić information content (AvgIpc) is 2.40. The van der Waals surface area contributed by atoms with E-state index in [-0.39, 0.29) is 0 Å². The number of likely N-dealkylation sites (tertiary alicyclic amines) is 1. The van der Waals surface area contributed by atoms with Crippen LogP contribution in [0.5, 0.6) is 0 Å². The molecule has 0 spiro atoms. The van der Waals surface area contributed by atoms with Gasteiger partial charge in [0.15, 0.2) is 0 Å². The molecule has 1 atom stereocenters. The van der Waals surface area contributed by atoms with Crippen LogP contribution in [0.3, 0.4) is 0 Å². The highest BCUT2D eigenvalue weighted by Crippen LogP contribution is 2.25. The molecule has 0 N–H and O–H groups in total. The van der Waals surface area contributed by atoms with Gasteiger partial charge in [0.05, 0.1) is 19.6 Å². The molecular weight excluding hydrogens is 218 g/mol. The molecule has 0 aromatic heterocycles. The lowest BCUT2D eigenvalue weighted by molar-refractivity contribution is -0.947. The summed E-state index contributed by atoms with van der Waals surface area (Å²) >= 11 is 0. The molecule has 1 aromatic rings. The number of hydrogen-bond donors (Lipinski definition) is 0. The van der Waals surface area contributed by atoms with Gasteiger partial charge in [0, 0.05) is 11.5 Å². The molecule has 0 aliphatic carbocycles. The minimum atomic E-state index is 0.854. The predicted octanol–water partition coefficient (Wildman–Crippen LogP) is 4.23. The Balaban J connectivity index is 2.09. The van der Waals surface area contributed by atoms with Gasteiger partial charge in [-0.15, -0.1) is 0 Å². The summed E-state index contributed by atoms with van der Waals surface area (Å²) in [6.45, 7) is 10.1. The smallest absolute Gasteiger partial charge is 0.104 e. The van der Waals surface area contributed by atoms with Crippen molar-refractivity contribution in [1.82, 2.24) is 0 Å². The Morgan fingerprint density at radius 1 is 1.06 bits per heavy atom. The monoisotopic (exact) mass is 246 g/mol. The summed E-state index contributed by atoms with van der Waals surface area (Å²) in [6.07, 6.45) is 5.59. The lowest BCUT2D eigenvalue weighted by atomic mass is 10.00. The number of benzene rings is 1. The van der Waals surface area contributed by atoms with Crippen molar-refractivity contribution < 1.29 is 4.48 Å². The highest BCUT2D eigenvalue weighted by Gasteiger charge is 2.31. The third-order valence-electron chi connectivity index (χ3n) is 4.52. The molecule has 18 heavy (non-hydrogen) atoms. The standard InChI is InChI=1S/C17H28N/c1-3-16(2)14-18(12-8-5-9-13-18)15-17-10-6-4-7-11-17/h4,6-7,10-11,16H,3,5,8-9,12-15H2,1-2H3/q+1. The van der Waals surface area contributed by atoms with Crippen molar-refractivity contribution in [2.45, 2.75) is 46.1 Å². The SMILES string of the molecule is CCC(C)C[N+]1(Cc2ccccc2)CCCCC1. The van der Waals surface area contributed by atoms with Crippen LogP contribution >= 0.6 is 0 Å². The molecular formula is C17H28N+. The molecule has 100 valence electrons. The van der Waals surface area contributed by atoms with Crippen molar-refractivity contribution in [2.75, 3.05) is 19.6 Å². The van der Waals surface area contributed by atoms with Crippen molar-refractivity contribution in [1.29, 1.82) is 0 Å². The lowest BCUT2D eigenvalue weighted by Crippen LogP contribution is -2.52. The summed E-state index contributed by atoms with van der Waals surface area (Å²) in [7, 11) is 0. The highest BCUT2D eigenvalue weighted by atomic mass is 15.4. The molecule has 0 bridgehead atoms. The van der Waals surface area contributed by atoms with Crippen molar-refractivity contribution in [3.8, 4) is 0 Å². The van der Waals surface area contributed by atoms with E-state index < -0.39 is 0 Å². The summed E-state index contributed by atoms with van der Waals surface area (Å²) in [4.78, 5) is 0. The number of quaternary nitrogens is 1. The molecule has 1 nitrogen and oxygen atoms in total. The van der Waals surface area contributed by atoms with Gasteiger partial charge in [-0.3, -0.25) is 0 Å². The Labute approximate surface area is 112 Å². The van der Waals surface area contributed by atoms with Crippen molar-refractivity contribution in [3.05, 3.63) is 35.9 Å². The van der Waals surface area contributed by atoms with E-state index in [4.69, 9.17) is 0 Å². The van der Waals surface area contributed by atoms with Crippen LogP contribution in [0.25, 0.3) is 0 Å². The van der Waals surface area contributed by atoms with E-state index in [1.54, 1.807) is 0 Å². The van der Waals surface area contributed by atoms with E-state index in [0.29, 0.717) is 0 Å². The van der Waals surface area contributed by atoms with E-state index in [1.165, 1.54) is 61.9 Å². The van der Waals surface area contributed by atoms with Gasteiger partial charge < -0.3 is 4.48 Å². The fourth-order valence-corrected chi connectivity index (χ4v) is 3.35. The Morgan fingerprint density at radius 2 is 1.72 bits per heavy atom. The normalized spacial score (nSPS) is 20.6. The van der Waals surface area contributed by atoms with Crippen molar-refractivity contribution in [3.63, 3.8) is 0 Å². The second-order valence-electron chi connectivity index (χ2n) is 6.19.